The van der Waals surface area contributed by atoms with E-state index < -0.39 is 11.8 Å². The van der Waals surface area contributed by atoms with Gasteiger partial charge in [-0.25, -0.2) is 9.37 Å². The minimum atomic E-state index is -0.944. The Balaban J connectivity index is 1.58. The minimum Gasteiger partial charge on any atom is -0.490 e. The van der Waals surface area contributed by atoms with E-state index in [2.05, 4.69) is 31.2 Å². The lowest BCUT2D eigenvalue weighted by Gasteiger charge is -2.23. The fourth-order valence-corrected chi connectivity index (χ4v) is 5.76. The molecule has 3 heterocycles. The molecule has 0 amide bonds. The third-order valence-corrected chi connectivity index (χ3v) is 7.71. The normalized spacial score (nSPS) is 12.8. The number of hydrogen-bond donors (Lipinski definition) is 1. The van der Waals surface area contributed by atoms with Crippen molar-refractivity contribution < 1.29 is 19.0 Å². The molecule has 39 heavy (non-hydrogen) atoms. The van der Waals surface area contributed by atoms with Gasteiger partial charge >= 0.3 is 5.97 Å². The highest BCUT2D eigenvalue weighted by Crippen LogP contribution is 2.41. The molecule has 6 heteroatoms. The van der Waals surface area contributed by atoms with Crippen molar-refractivity contribution in [2.24, 2.45) is 0 Å². The average molecular weight is 521 g/mol. The van der Waals surface area contributed by atoms with E-state index >= 15 is 4.39 Å². The predicted octanol–water partition coefficient (Wildman–Crippen LogP) is 7.35. The standard InChI is InChI=1S/C33H29FN2O3/c1-19-8-4-5-11-24(19)22-9-6-10-23(14-22)29-18-36-17-20(2)26(16-30(37)38)31(33(36)35-29)27-15-28(34)32-25(21(27)3)12-7-13-39-32/h4-6,8-11,14-15,17-18H,7,12-13,16H2,1-3H3,(H,37,38). The molecule has 0 radical (unpaired) electrons. The summed E-state index contributed by atoms with van der Waals surface area (Å²) in [5.41, 5.74) is 10.3. The Labute approximate surface area is 226 Å². The lowest BCUT2D eigenvalue weighted by Crippen LogP contribution is -2.13. The van der Waals surface area contributed by atoms with Crippen molar-refractivity contribution in [3.63, 3.8) is 0 Å². The van der Waals surface area contributed by atoms with Gasteiger partial charge in [-0.1, -0.05) is 42.5 Å². The van der Waals surface area contributed by atoms with E-state index in [0.717, 1.165) is 45.5 Å². The lowest BCUT2D eigenvalue weighted by atomic mass is 9.88. The number of ether oxygens (including phenoxy) is 1. The van der Waals surface area contributed by atoms with Gasteiger partial charge in [-0.15, -0.1) is 0 Å². The van der Waals surface area contributed by atoms with Gasteiger partial charge in [0.15, 0.2) is 11.6 Å². The van der Waals surface area contributed by atoms with Crippen LogP contribution in [0.2, 0.25) is 0 Å². The summed E-state index contributed by atoms with van der Waals surface area (Å²) in [5, 5.41) is 9.77. The van der Waals surface area contributed by atoms with Gasteiger partial charge in [0.25, 0.3) is 0 Å². The van der Waals surface area contributed by atoms with Crippen LogP contribution >= 0.6 is 0 Å². The number of fused-ring (bicyclic) bond motifs is 2. The molecule has 0 fully saturated rings. The number of carboxylic acid groups (broad SMARTS) is 1. The first kappa shape index (κ1) is 24.9. The summed E-state index contributed by atoms with van der Waals surface area (Å²) < 4.78 is 22.9. The van der Waals surface area contributed by atoms with E-state index in [9.17, 15) is 9.90 Å². The van der Waals surface area contributed by atoms with Crippen molar-refractivity contribution >= 4 is 11.6 Å². The largest absolute Gasteiger partial charge is 0.490 e. The van der Waals surface area contributed by atoms with Gasteiger partial charge in [0.2, 0.25) is 0 Å². The SMILES string of the molecule is Cc1ccccc1-c1cccc(-c2cn3cc(C)c(CC(=O)O)c(-c4cc(F)c5c(c4C)CCCO5)c3n2)c1. The molecule has 3 aromatic carbocycles. The Morgan fingerprint density at radius 1 is 1.00 bits per heavy atom. The van der Waals surface area contributed by atoms with Crippen molar-refractivity contribution in [1.82, 2.24) is 9.38 Å². The highest BCUT2D eigenvalue weighted by molar-refractivity contribution is 5.89. The number of nitrogens with zero attached hydrogens (tertiary/aromatic N) is 2. The predicted molar refractivity (Wildman–Crippen MR) is 151 cm³/mol. The number of carboxylic acids is 1. The van der Waals surface area contributed by atoms with Crippen molar-refractivity contribution in [2.45, 2.75) is 40.0 Å². The van der Waals surface area contributed by atoms with E-state index in [1.165, 1.54) is 11.6 Å². The molecule has 1 aliphatic heterocycles. The van der Waals surface area contributed by atoms with Crippen LogP contribution in [0.15, 0.2) is 67.0 Å². The highest BCUT2D eigenvalue weighted by Gasteiger charge is 2.25. The smallest absolute Gasteiger partial charge is 0.307 e. The highest BCUT2D eigenvalue weighted by atomic mass is 19.1. The molecular formula is C33H29FN2O3. The number of aromatic nitrogens is 2. The lowest BCUT2D eigenvalue weighted by molar-refractivity contribution is -0.136. The number of imidazole rings is 1. The fraction of sp³-hybridized carbons (Fsp3) is 0.212. The second-order valence-electron chi connectivity index (χ2n) is 10.3. The van der Waals surface area contributed by atoms with Crippen molar-refractivity contribution in [2.75, 3.05) is 6.61 Å². The number of aliphatic carboxylic acids is 1. The van der Waals surface area contributed by atoms with Gasteiger partial charge in [0.05, 0.1) is 18.7 Å². The van der Waals surface area contributed by atoms with E-state index in [1.54, 1.807) is 0 Å². The van der Waals surface area contributed by atoms with Crippen LogP contribution in [0.4, 0.5) is 4.39 Å². The fourth-order valence-electron chi connectivity index (χ4n) is 5.76. The zero-order valence-electron chi connectivity index (χ0n) is 22.2. The van der Waals surface area contributed by atoms with Crippen LogP contribution in [0.25, 0.3) is 39.2 Å². The molecule has 0 spiro atoms. The number of pyridine rings is 1. The molecule has 0 saturated heterocycles. The molecule has 0 bridgehead atoms. The first-order chi connectivity index (χ1) is 18.8. The maximum absolute atomic E-state index is 15.3. The molecule has 1 N–H and O–H groups in total. The van der Waals surface area contributed by atoms with Gasteiger partial charge in [-0.3, -0.25) is 4.79 Å². The Morgan fingerprint density at radius 3 is 2.59 bits per heavy atom. The first-order valence-corrected chi connectivity index (χ1v) is 13.2. The van der Waals surface area contributed by atoms with E-state index in [-0.39, 0.29) is 6.42 Å². The van der Waals surface area contributed by atoms with Gasteiger partial charge < -0.3 is 14.2 Å². The maximum atomic E-state index is 15.3. The summed E-state index contributed by atoms with van der Waals surface area (Å²) in [4.78, 5) is 17.0. The molecular weight excluding hydrogens is 491 g/mol. The third kappa shape index (κ3) is 4.36. The monoisotopic (exact) mass is 520 g/mol. The summed E-state index contributed by atoms with van der Waals surface area (Å²) in [6, 6.07) is 18.0. The molecule has 0 atom stereocenters. The molecule has 5 nitrogen and oxygen atoms in total. The van der Waals surface area contributed by atoms with Crippen LogP contribution in [0.5, 0.6) is 5.75 Å². The van der Waals surface area contributed by atoms with E-state index in [1.807, 2.05) is 54.9 Å². The Bertz CT molecular complexity index is 1770. The number of aryl methyl sites for hydroxylation is 2. The van der Waals surface area contributed by atoms with Crippen LogP contribution < -0.4 is 4.74 Å². The Hall–Kier alpha value is -4.45. The first-order valence-electron chi connectivity index (χ1n) is 13.2. The zero-order chi connectivity index (χ0) is 27.3. The number of carbonyl (C=O) groups is 1. The molecule has 196 valence electrons. The van der Waals surface area contributed by atoms with Crippen LogP contribution in [0.3, 0.4) is 0 Å². The number of halogens is 1. The summed E-state index contributed by atoms with van der Waals surface area (Å²) in [6.45, 7) is 6.44. The maximum Gasteiger partial charge on any atom is 0.307 e. The van der Waals surface area contributed by atoms with Crippen molar-refractivity contribution in [3.8, 4) is 39.3 Å². The zero-order valence-corrected chi connectivity index (χ0v) is 22.2. The molecule has 1 aliphatic rings. The molecule has 6 rings (SSSR count). The Kier molecular flexibility index (Phi) is 6.18. The molecule has 5 aromatic rings. The third-order valence-electron chi connectivity index (χ3n) is 7.71. The summed E-state index contributed by atoms with van der Waals surface area (Å²) >= 11 is 0. The second kappa shape index (κ2) is 9.70. The molecule has 0 unspecified atom stereocenters. The van der Waals surface area contributed by atoms with E-state index in [4.69, 9.17) is 9.72 Å². The topological polar surface area (TPSA) is 63.8 Å². The van der Waals surface area contributed by atoms with Crippen molar-refractivity contribution in [3.05, 3.63) is 101 Å². The van der Waals surface area contributed by atoms with Gasteiger partial charge in [0, 0.05) is 29.1 Å². The Morgan fingerprint density at radius 2 is 1.79 bits per heavy atom. The van der Waals surface area contributed by atoms with Crippen LogP contribution in [-0.2, 0) is 17.6 Å². The summed E-state index contributed by atoms with van der Waals surface area (Å²) in [7, 11) is 0. The quantitative estimate of drug-likeness (QED) is 0.263. The molecule has 2 aromatic heterocycles. The van der Waals surface area contributed by atoms with Crippen LogP contribution in [0, 0.1) is 26.6 Å². The van der Waals surface area contributed by atoms with Gasteiger partial charge in [0.1, 0.15) is 5.65 Å². The van der Waals surface area contributed by atoms with Crippen LogP contribution in [0.1, 0.15) is 34.2 Å². The average Bonchev–Trinajstić information content (AvgIpc) is 3.35. The summed E-state index contributed by atoms with van der Waals surface area (Å²) in [5.74, 6) is -1.06. The number of rotatable bonds is 5. The van der Waals surface area contributed by atoms with E-state index in [0.29, 0.717) is 41.1 Å². The minimum absolute atomic E-state index is 0.183. The van der Waals surface area contributed by atoms with Crippen LogP contribution in [-0.4, -0.2) is 27.1 Å². The van der Waals surface area contributed by atoms with Crippen molar-refractivity contribution in [1.29, 1.82) is 0 Å². The van der Waals surface area contributed by atoms with Gasteiger partial charge in [-0.05, 0) is 84.7 Å². The molecule has 0 saturated carbocycles. The number of hydrogen-bond acceptors (Lipinski definition) is 3. The number of benzene rings is 3. The molecule has 0 aliphatic carbocycles. The second-order valence-corrected chi connectivity index (χ2v) is 10.3. The van der Waals surface area contributed by atoms with Gasteiger partial charge in [-0.2, -0.15) is 0 Å². The summed E-state index contributed by atoms with van der Waals surface area (Å²) in [6.07, 6.45) is 5.21.